The van der Waals surface area contributed by atoms with E-state index in [2.05, 4.69) is 4.85 Å². The Balaban J connectivity index is 3.03. The maximum Gasteiger partial charge on any atom is 0.290 e. The molecule has 0 aliphatic carbocycles. The molecule has 0 aromatic heterocycles. The van der Waals surface area contributed by atoms with Crippen LogP contribution in [0.4, 0.5) is 22.7 Å². The lowest BCUT2D eigenvalue weighted by atomic mass is 9.94. The van der Waals surface area contributed by atoms with Crippen molar-refractivity contribution in [3.05, 3.63) is 57.4 Å². The fraction of sp³-hybridized carbons (Fsp3) is 0. The number of nitrogen functional groups attached to an aromatic ring is 2. The molecule has 0 aliphatic heterocycles. The minimum absolute atomic E-state index is 0.0329. The van der Waals surface area contributed by atoms with Crippen molar-refractivity contribution in [3.63, 3.8) is 0 Å². The van der Waals surface area contributed by atoms with E-state index in [9.17, 15) is 15.4 Å². The quantitative estimate of drug-likeness (QED) is 0.378. The Morgan fingerprint density at radius 3 is 2.33 bits per heavy atom. The molecule has 0 saturated carbocycles. The van der Waals surface area contributed by atoms with Gasteiger partial charge in [-0.15, -0.1) is 0 Å². The number of hydrogen-bond donors (Lipinski definition) is 2. The van der Waals surface area contributed by atoms with Gasteiger partial charge in [0.15, 0.2) is 0 Å². The molecule has 2 rings (SSSR count). The van der Waals surface area contributed by atoms with Gasteiger partial charge < -0.3 is 11.5 Å². The number of nitro groups is 1. The zero-order valence-electron chi connectivity index (χ0n) is 10.7. The van der Waals surface area contributed by atoms with Gasteiger partial charge in [-0.1, -0.05) is 30.3 Å². The molecule has 0 atom stereocenters. The molecule has 21 heavy (non-hydrogen) atoms. The van der Waals surface area contributed by atoms with Gasteiger partial charge in [0.2, 0.25) is 5.69 Å². The molecule has 0 saturated heterocycles. The molecule has 2 aromatic rings. The lowest BCUT2D eigenvalue weighted by Gasteiger charge is -2.12. The van der Waals surface area contributed by atoms with Crippen LogP contribution in [0.15, 0.2) is 30.3 Å². The Bertz CT molecular complexity index is 816. The number of nitrogens with two attached hydrogens (primary N) is 2. The van der Waals surface area contributed by atoms with Gasteiger partial charge in [-0.3, -0.25) is 10.1 Å². The number of benzene rings is 2. The normalized spacial score (nSPS) is 9.62. The Morgan fingerprint density at radius 2 is 1.86 bits per heavy atom. The Labute approximate surface area is 120 Å². The fourth-order valence-corrected chi connectivity index (χ4v) is 2.08. The minimum Gasteiger partial charge on any atom is -0.406 e. The van der Waals surface area contributed by atoms with Gasteiger partial charge in [0.05, 0.1) is 28.3 Å². The Hall–Kier alpha value is -3.58. The zero-order chi connectivity index (χ0) is 15.6. The largest absolute Gasteiger partial charge is 0.406 e. The van der Waals surface area contributed by atoms with E-state index in [1.807, 2.05) is 6.07 Å². The second kappa shape index (κ2) is 5.19. The molecule has 0 spiro atoms. The van der Waals surface area contributed by atoms with Crippen molar-refractivity contribution in [3.8, 4) is 17.2 Å². The van der Waals surface area contributed by atoms with Gasteiger partial charge in [0, 0.05) is 0 Å². The number of nitro benzene ring substituents is 1. The van der Waals surface area contributed by atoms with E-state index in [0.29, 0.717) is 5.56 Å². The van der Waals surface area contributed by atoms with Crippen molar-refractivity contribution < 1.29 is 4.92 Å². The summed E-state index contributed by atoms with van der Waals surface area (Å²) in [6, 6.07) is 10.1. The van der Waals surface area contributed by atoms with Gasteiger partial charge in [0.25, 0.3) is 5.69 Å². The highest BCUT2D eigenvalue weighted by molar-refractivity contribution is 6.00. The van der Waals surface area contributed by atoms with E-state index >= 15 is 0 Å². The first-order valence-electron chi connectivity index (χ1n) is 5.75. The summed E-state index contributed by atoms with van der Waals surface area (Å²) in [7, 11) is 0. The Kier molecular flexibility index (Phi) is 3.42. The van der Waals surface area contributed by atoms with Crippen LogP contribution in [0.1, 0.15) is 5.56 Å². The molecule has 0 heterocycles. The fourth-order valence-electron chi connectivity index (χ4n) is 2.08. The zero-order valence-corrected chi connectivity index (χ0v) is 10.7. The number of nitriles is 1. The topological polar surface area (TPSA) is 123 Å². The molecule has 4 N–H and O–H groups in total. The van der Waals surface area contributed by atoms with Gasteiger partial charge in [-0.25, -0.2) is 4.85 Å². The summed E-state index contributed by atoms with van der Waals surface area (Å²) in [5, 5.41) is 20.6. The van der Waals surface area contributed by atoms with Gasteiger partial charge in [-0.2, -0.15) is 5.26 Å². The van der Waals surface area contributed by atoms with E-state index in [-0.39, 0.29) is 28.2 Å². The highest BCUT2D eigenvalue weighted by atomic mass is 16.6. The minimum atomic E-state index is -0.702. The molecule has 0 unspecified atom stereocenters. The maximum absolute atomic E-state index is 11.3. The lowest BCUT2D eigenvalue weighted by Crippen LogP contribution is -2.04. The third kappa shape index (κ3) is 2.09. The van der Waals surface area contributed by atoms with Crippen LogP contribution < -0.4 is 11.5 Å². The molecular formula is C14H9N5O2. The molecule has 0 amide bonds. The van der Waals surface area contributed by atoms with Crippen molar-refractivity contribution in [2.75, 3.05) is 11.5 Å². The molecule has 0 aliphatic rings. The third-order valence-corrected chi connectivity index (χ3v) is 2.99. The molecular weight excluding hydrogens is 270 g/mol. The predicted molar refractivity (Wildman–Crippen MR) is 78.3 cm³/mol. The number of hydrogen-bond acceptors (Lipinski definition) is 5. The van der Waals surface area contributed by atoms with E-state index in [0.717, 1.165) is 0 Å². The second-order valence-corrected chi connectivity index (χ2v) is 4.12. The van der Waals surface area contributed by atoms with Crippen LogP contribution >= 0.6 is 0 Å². The predicted octanol–water partition coefficient (Wildman–Crippen LogP) is 2.85. The van der Waals surface area contributed by atoms with E-state index in [1.54, 1.807) is 30.3 Å². The van der Waals surface area contributed by atoms with Crippen LogP contribution in [0.2, 0.25) is 0 Å². The summed E-state index contributed by atoms with van der Waals surface area (Å²) in [6.07, 6.45) is 0. The second-order valence-electron chi connectivity index (χ2n) is 4.12. The van der Waals surface area contributed by atoms with Crippen LogP contribution in [-0.4, -0.2) is 4.92 Å². The third-order valence-electron chi connectivity index (χ3n) is 2.99. The highest BCUT2D eigenvalue weighted by Gasteiger charge is 2.29. The van der Waals surface area contributed by atoms with Crippen LogP contribution in [0, 0.1) is 28.0 Å². The molecule has 0 fully saturated rings. The van der Waals surface area contributed by atoms with E-state index in [4.69, 9.17) is 18.0 Å². The van der Waals surface area contributed by atoms with Gasteiger partial charge in [0.1, 0.15) is 11.8 Å². The molecule has 0 radical (unpaired) electrons. The summed E-state index contributed by atoms with van der Waals surface area (Å²) < 4.78 is 0. The van der Waals surface area contributed by atoms with Crippen LogP contribution in [0.25, 0.3) is 16.0 Å². The standard InChI is InChI=1S/C14H9N5O2/c1-18-13-11(16)9(7-15)10(8-5-3-2-4-6-8)14(12(13)17)19(20)21/h2-6H,16-17H2. The average molecular weight is 279 g/mol. The molecule has 7 heteroatoms. The van der Waals surface area contributed by atoms with Crippen molar-refractivity contribution >= 4 is 22.7 Å². The summed E-state index contributed by atoms with van der Waals surface area (Å²) in [4.78, 5) is 13.7. The monoisotopic (exact) mass is 279 g/mol. The van der Waals surface area contributed by atoms with Gasteiger partial charge in [-0.05, 0) is 5.56 Å². The van der Waals surface area contributed by atoms with E-state index in [1.165, 1.54) is 0 Å². The summed E-state index contributed by atoms with van der Waals surface area (Å²) in [5.41, 5.74) is 10.6. The SMILES string of the molecule is [C-]#[N+]c1c(N)c(C#N)c(-c2ccccc2)c([N+](=O)[O-])c1N. The molecule has 102 valence electrons. The summed E-state index contributed by atoms with van der Waals surface area (Å²) >= 11 is 0. The highest BCUT2D eigenvalue weighted by Crippen LogP contribution is 2.47. The van der Waals surface area contributed by atoms with Crippen molar-refractivity contribution in [2.24, 2.45) is 0 Å². The van der Waals surface area contributed by atoms with Crippen LogP contribution in [0.5, 0.6) is 0 Å². The molecule has 7 nitrogen and oxygen atoms in total. The number of nitrogens with zero attached hydrogens (tertiary/aromatic N) is 3. The van der Waals surface area contributed by atoms with Crippen LogP contribution in [-0.2, 0) is 0 Å². The molecule has 2 aromatic carbocycles. The number of anilines is 2. The van der Waals surface area contributed by atoms with Crippen LogP contribution in [0.3, 0.4) is 0 Å². The van der Waals surface area contributed by atoms with Gasteiger partial charge >= 0.3 is 0 Å². The number of rotatable bonds is 2. The van der Waals surface area contributed by atoms with Crippen molar-refractivity contribution in [2.45, 2.75) is 0 Å². The van der Waals surface area contributed by atoms with Crippen molar-refractivity contribution in [1.82, 2.24) is 0 Å². The Morgan fingerprint density at radius 1 is 1.24 bits per heavy atom. The first-order valence-corrected chi connectivity index (χ1v) is 5.75. The lowest BCUT2D eigenvalue weighted by molar-refractivity contribution is -0.383. The smallest absolute Gasteiger partial charge is 0.290 e. The first kappa shape index (κ1) is 13.8. The average Bonchev–Trinajstić information content (AvgIpc) is 2.47. The summed E-state index contributed by atoms with van der Waals surface area (Å²) in [5.74, 6) is 0. The maximum atomic E-state index is 11.3. The van der Waals surface area contributed by atoms with Crippen molar-refractivity contribution in [1.29, 1.82) is 5.26 Å². The van der Waals surface area contributed by atoms with E-state index < -0.39 is 10.6 Å². The summed E-state index contributed by atoms with van der Waals surface area (Å²) in [6.45, 7) is 7.04. The first-order chi connectivity index (χ1) is 10.0. The molecule has 0 bridgehead atoms.